The summed E-state index contributed by atoms with van der Waals surface area (Å²) in [4.78, 5) is 19.6. The Hall–Kier alpha value is -3.26. The van der Waals surface area contributed by atoms with Crippen molar-refractivity contribution in [3.8, 4) is 22.6 Å². The fourth-order valence-corrected chi connectivity index (χ4v) is 3.63. The van der Waals surface area contributed by atoms with E-state index in [4.69, 9.17) is 14.7 Å². The number of pyridine rings is 1. The number of H-pyrrole nitrogens is 1. The Balaban J connectivity index is 1.70. The van der Waals surface area contributed by atoms with E-state index in [0.29, 0.717) is 19.0 Å². The fraction of sp³-hybridized carbons (Fsp3) is 0.300. The van der Waals surface area contributed by atoms with Crippen LogP contribution < -0.4 is 4.90 Å². The minimum atomic E-state index is 0.253. The molecular weight excluding hydrogens is 354 g/mol. The average molecular weight is 375 g/mol. The van der Waals surface area contributed by atoms with Gasteiger partial charge in [0.15, 0.2) is 5.82 Å². The molecule has 142 valence electrons. The Morgan fingerprint density at radius 2 is 2.18 bits per heavy atom. The fourth-order valence-electron chi connectivity index (χ4n) is 3.63. The van der Waals surface area contributed by atoms with E-state index in [0.717, 1.165) is 40.2 Å². The molecule has 28 heavy (non-hydrogen) atoms. The molecule has 8 nitrogen and oxygen atoms in total. The highest BCUT2D eigenvalue weighted by molar-refractivity contribution is 5.91. The van der Waals surface area contributed by atoms with Crippen LogP contribution in [0.3, 0.4) is 0 Å². The van der Waals surface area contributed by atoms with Crippen molar-refractivity contribution in [2.75, 3.05) is 24.7 Å². The van der Waals surface area contributed by atoms with Crippen LogP contribution in [0.5, 0.6) is 0 Å². The Morgan fingerprint density at radius 1 is 1.25 bits per heavy atom. The SMILES string of the molecule is C[C@@H]1COCCN1c1cc(-c2cnn(C)c2)nc(-c2ccnc3[nH]ccc23)n1. The molecule has 1 atom stereocenters. The van der Waals surface area contributed by atoms with Gasteiger partial charge in [0.1, 0.15) is 11.5 Å². The number of hydrogen-bond donors (Lipinski definition) is 1. The lowest BCUT2D eigenvalue weighted by Crippen LogP contribution is -2.44. The molecule has 4 aromatic heterocycles. The Labute approximate surface area is 162 Å². The summed E-state index contributed by atoms with van der Waals surface area (Å²) in [6.45, 7) is 4.35. The van der Waals surface area contributed by atoms with Crippen LogP contribution in [0.2, 0.25) is 0 Å². The summed E-state index contributed by atoms with van der Waals surface area (Å²) in [7, 11) is 1.91. The highest BCUT2D eigenvalue weighted by Crippen LogP contribution is 2.30. The second-order valence-electron chi connectivity index (χ2n) is 7.05. The molecule has 0 aromatic carbocycles. The van der Waals surface area contributed by atoms with Gasteiger partial charge in [0, 0.05) is 54.8 Å². The minimum Gasteiger partial charge on any atom is -0.377 e. The van der Waals surface area contributed by atoms with Crippen LogP contribution in [-0.2, 0) is 11.8 Å². The first kappa shape index (κ1) is 16.9. The van der Waals surface area contributed by atoms with Gasteiger partial charge in [-0.3, -0.25) is 4.68 Å². The van der Waals surface area contributed by atoms with Crippen molar-refractivity contribution in [1.29, 1.82) is 0 Å². The number of aromatic nitrogens is 6. The zero-order chi connectivity index (χ0) is 19.1. The lowest BCUT2D eigenvalue weighted by molar-refractivity contribution is 0.0985. The summed E-state index contributed by atoms with van der Waals surface area (Å²) in [5.41, 5.74) is 3.60. The van der Waals surface area contributed by atoms with Gasteiger partial charge in [0.05, 0.1) is 31.1 Å². The van der Waals surface area contributed by atoms with E-state index in [1.54, 1.807) is 10.9 Å². The lowest BCUT2D eigenvalue weighted by Gasteiger charge is -2.34. The molecule has 1 aliphatic heterocycles. The molecule has 4 aromatic rings. The summed E-state index contributed by atoms with van der Waals surface area (Å²) >= 11 is 0. The summed E-state index contributed by atoms with van der Waals surface area (Å²) in [6.07, 6.45) is 7.47. The number of anilines is 1. The number of rotatable bonds is 3. The van der Waals surface area contributed by atoms with Crippen molar-refractivity contribution in [1.82, 2.24) is 29.7 Å². The minimum absolute atomic E-state index is 0.253. The highest BCUT2D eigenvalue weighted by atomic mass is 16.5. The number of aryl methyl sites for hydroxylation is 1. The molecule has 0 unspecified atom stereocenters. The maximum absolute atomic E-state index is 5.60. The Kier molecular flexibility index (Phi) is 4.05. The predicted octanol–water partition coefficient (Wildman–Crippen LogP) is 2.65. The van der Waals surface area contributed by atoms with E-state index in [9.17, 15) is 0 Å². The number of nitrogens with one attached hydrogen (secondary N) is 1. The third-order valence-corrected chi connectivity index (χ3v) is 5.08. The van der Waals surface area contributed by atoms with Crippen LogP contribution in [-0.4, -0.2) is 55.5 Å². The molecule has 1 aliphatic rings. The molecule has 5 rings (SSSR count). The van der Waals surface area contributed by atoms with Gasteiger partial charge in [-0.2, -0.15) is 5.10 Å². The largest absolute Gasteiger partial charge is 0.377 e. The molecular formula is C20H21N7O. The molecule has 0 spiro atoms. The number of fused-ring (bicyclic) bond motifs is 1. The van der Waals surface area contributed by atoms with Crippen LogP contribution in [0.1, 0.15) is 6.92 Å². The van der Waals surface area contributed by atoms with Gasteiger partial charge in [-0.1, -0.05) is 0 Å². The number of aromatic amines is 1. The molecule has 1 saturated heterocycles. The van der Waals surface area contributed by atoms with Crippen molar-refractivity contribution in [2.45, 2.75) is 13.0 Å². The number of morpholine rings is 1. The van der Waals surface area contributed by atoms with E-state index in [1.165, 1.54) is 0 Å². The van der Waals surface area contributed by atoms with E-state index in [2.05, 4.69) is 26.9 Å². The van der Waals surface area contributed by atoms with Crippen molar-refractivity contribution in [2.24, 2.45) is 7.05 Å². The Morgan fingerprint density at radius 3 is 3.00 bits per heavy atom. The van der Waals surface area contributed by atoms with E-state index in [-0.39, 0.29) is 6.04 Å². The molecule has 0 amide bonds. The summed E-state index contributed by atoms with van der Waals surface area (Å²) in [5, 5.41) is 5.31. The molecule has 5 heterocycles. The van der Waals surface area contributed by atoms with Crippen molar-refractivity contribution in [3.05, 3.63) is 43.0 Å². The molecule has 0 aliphatic carbocycles. The van der Waals surface area contributed by atoms with E-state index < -0.39 is 0 Å². The topological polar surface area (TPSA) is 84.8 Å². The normalized spacial score (nSPS) is 17.4. The lowest BCUT2D eigenvalue weighted by atomic mass is 10.1. The summed E-state index contributed by atoms with van der Waals surface area (Å²) in [6, 6.07) is 6.26. The number of nitrogens with zero attached hydrogens (tertiary/aromatic N) is 6. The predicted molar refractivity (Wildman–Crippen MR) is 107 cm³/mol. The van der Waals surface area contributed by atoms with Crippen molar-refractivity contribution in [3.63, 3.8) is 0 Å². The second-order valence-corrected chi connectivity index (χ2v) is 7.05. The van der Waals surface area contributed by atoms with Gasteiger partial charge in [0.2, 0.25) is 0 Å². The molecule has 1 fully saturated rings. The van der Waals surface area contributed by atoms with Crippen molar-refractivity contribution >= 4 is 16.9 Å². The van der Waals surface area contributed by atoms with Gasteiger partial charge in [-0.05, 0) is 19.1 Å². The van der Waals surface area contributed by atoms with Gasteiger partial charge in [-0.15, -0.1) is 0 Å². The molecule has 8 heteroatoms. The zero-order valence-corrected chi connectivity index (χ0v) is 15.8. The number of ether oxygens (including phenoxy) is 1. The van der Waals surface area contributed by atoms with Crippen molar-refractivity contribution < 1.29 is 4.74 Å². The maximum Gasteiger partial charge on any atom is 0.162 e. The van der Waals surface area contributed by atoms with E-state index >= 15 is 0 Å². The van der Waals surface area contributed by atoms with Crippen LogP contribution in [0.4, 0.5) is 5.82 Å². The van der Waals surface area contributed by atoms with Crippen LogP contribution >= 0.6 is 0 Å². The highest BCUT2D eigenvalue weighted by Gasteiger charge is 2.23. The summed E-state index contributed by atoms with van der Waals surface area (Å²) in [5.74, 6) is 1.59. The molecule has 0 saturated carbocycles. The number of hydrogen-bond acceptors (Lipinski definition) is 6. The van der Waals surface area contributed by atoms with Gasteiger partial charge in [0.25, 0.3) is 0 Å². The first-order valence-corrected chi connectivity index (χ1v) is 9.34. The maximum atomic E-state index is 5.60. The first-order valence-electron chi connectivity index (χ1n) is 9.34. The molecule has 1 N–H and O–H groups in total. The van der Waals surface area contributed by atoms with Gasteiger partial charge >= 0.3 is 0 Å². The van der Waals surface area contributed by atoms with Crippen LogP contribution in [0.25, 0.3) is 33.7 Å². The van der Waals surface area contributed by atoms with Crippen LogP contribution in [0.15, 0.2) is 43.0 Å². The Bertz CT molecular complexity index is 1130. The molecule has 0 bridgehead atoms. The monoisotopic (exact) mass is 375 g/mol. The molecule has 0 radical (unpaired) electrons. The van der Waals surface area contributed by atoms with Gasteiger partial charge in [-0.25, -0.2) is 15.0 Å². The third kappa shape index (κ3) is 2.91. The first-order chi connectivity index (χ1) is 13.7. The van der Waals surface area contributed by atoms with Crippen LogP contribution in [0, 0.1) is 0 Å². The second kappa shape index (κ2) is 6.72. The van der Waals surface area contributed by atoms with Gasteiger partial charge < -0.3 is 14.6 Å². The smallest absolute Gasteiger partial charge is 0.162 e. The quantitative estimate of drug-likeness (QED) is 0.593. The standard InChI is InChI=1S/C20H21N7O/c1-13-12-28-8-7-27(13)18-9-17(14-10-23-26(2)11-14)24-20(25-18)16-4-6-22-19-15(16)3-5-21-19/h3-6,9-11,13H,7-8,12H2,1-2H3,(H,21,22)/t13-/m1/s1. The average Bonchev–Trinajstić information content (AvgIpc) is 3.36. The summed E-state index contributed by atoms with van der Waals surface area (Å²) < 4.78 is 7.39. The third-order valence-electron chi connectivity index (χ3n) is 5.08. The van der Waals surface area contributed by atoms with E-state index in [1.807, 2.05) is 43.8 Å². The zero-order valence-electron chi connectivity index (χ0n) is 15.8.